The van der Waals surface area contributed by atoms with Crippen LogP contribution in [0.3, 0.4) is 0 Å². The summed E-state index contributed by atoms with van der Waals surface area (Å²) in [5, 5.41) is 0. The van der Waals surface area contributed by atoms with Gasteiger partial charge < -0.3 is 14.8 Å². The topological polar surface area (TPSA) is 69.3 Å². The second-order valence-electron chi connectivity index (χ2n) is 8.86. The molecule has 6 heteroatoms. The van der Waals surface area contributed by atoms with Gasteiger partial charge in [0.1, 0.15) is 5.82 Å². The van der Waals surface area contributed by atoms with Gasteiger partial charge in [-0.15, -0.1) is 0 Å². The fraction of sp³-hybridized carbons (Fsp3) is 0.400. The fourth-order valence-electron chi connectivity index (χ4n) is 4.93. The maximum Gasteiger partial charge on any atom is 0.228 e. The number of imidazole rings is 1. The van der Waals surface area contributed by atoms with Crippen LogP contribution in [0.2, 0.25) is 0 Å². The lowest BCUT2D eigenvalue weighted by molar-refractivity contribution is -0.136. The highest BCUT2D eigenvalue weighted by atomic mass is 16.2. The van der Waals surface area contributed by atoms with Crippen molar-refractivity contribution in [3.8, 4) is 0 Å². The minimum atomic E-state index is -0.254. The van der Waals surface area contributed by atoms with Crippen molar-refractivity contribution >= 4 is 28.5 Å². The van der Waals surface area contributed by atoms with Gasteiger partial charge in [0.15, 0.2) is 0 Å². The van der Waals surface area contributed by atoms with Crippen molar-refractivity contribution in [2.45, 2.75) is 39.0 Å². The molecule has 2 fully saturated rings. The number of H-pyrrole nitrogens is 1. The highest BCUT2D eigenvalue weighted by Gasteiger charge is 2.38. The molecule has 2 amide bonds. The Morgan fingerprint density at radius 1 is 1.06 bits per heavy atom. The van der Waals surface area contributed by atoms with E-state index in [-0.39, 0.29) is 17.7 Å². The van der Waals surface area contributed by atoms with E-state index >= 15 is 0 Å². The minimum Gasteiger partial charge on any atom is -0.342 e. The monoisotopic (exact) mass is 416 g/mol. The van der Waals surface area contributed by atoms with E-state index < -0.39 is 0 Å². The molecule has 2 saturated heterocycles. The largest absolute Gasteiger partial charge is 0.342 e. The molecule has 2 aliphatic rings. The Morgan fingerprint density at radius 2 is 1.84 bits per heavy atom. The van der Waals surface area contributed by atoms with Crippen LogP contribution in [0.15, 0.2) is 42.5 Å². The maximum absolute atomic E-state index is 13.2. The lowest BCUT2D eigenvalue weighted by atomic mass is 9.95. The third kappa shape index (κ3) is 3.60. The van der Waals surface area contributed by atoms with E-state index in [1.165, 1.54) is 0 Å². The number of likely N-dealkylation sites (tertiary alicyclic amines) is 1. The standard InChI is InChI=1S/C25H28N4O2/c1-16-6-5-9-22(17(16)2)29-15-19(14-23(29)30)25(31)28-12-10-18(11-13-28)24-26-20-7-3-4-8-21(20)27-24/h3-9,18-19H,10-15H2,1-2H3,(H,26,27)/t19-/m0/s1. The molecule has 5 rings (SSSR count). The molecule has 160 valence electrons. The number of nitrogens with one attached hydrogen (secondary N) is 1. The van der Waals surface area contributed by atoms with E-state index in [1.54, 1.807) is 4.90 Å². The summed E-state index contributed by atoms with van der Waals surface area (Å²) in [6, 6.07) is 14.1. The molecule has 0 saturated carbocycles. The van der Waals surface area contributed by atoms with Crippen LogP contribution in [0, 0.1) is 19.8 Å². The molecule has 0 spiro atoms. The average Bonchev–Trinajstić information content (AvgIpc) is 3.39. The van der Waals surface area contributed by atoms with Gasteiger partial charge in [-0.3, -0.25) is 9.59 Å². The smallest absolute Gasteiger partial charge is 0.228 e. The number of fused-ring (bicyclic) bond motifs is 1. The normalized spacial score (nSPS) is 20.1. The first-order valence-electron chi connectivity index (χ1n) is 11.1. The van der Waals surface area contributed by atoms with Gasteiger partial charge in [-0.05, 0) is 56.0 Å². The van der Waals surface area contributed by atoms with Crippen LogP contribution in [-0.2, 0) is 9.59 Å². The number of amides is 2. The van der Waals surface area contributed by atoms with Crippen molar-refractivity contribution in [1.29, 1.82) is 0 Å². The van der Waals surface area contributed by atoms with Crippen molar-refractivity contribution in [1.82, 2.24) is 14.9 Å². The van der Waals surface area contributed by atoms with Crippen molar-refractivity contribution in [3.05, 3.63) is 59.4 Å². The molecule has 31 heavy (non-hydrogen) atoms. The molecule has 3 aromatic rings. The van der Waals surface area contributed by atoms with Crippen LogP contribution in [0.25, 0.3) is 11.0 Å². The summed E-state index contributed by atoms with van der Waals surface area (Å²) in [7, 11) is 0. The third-order valence-corrected chi connectivity index (χ3v) is 6.94. The predicted octanol–water partition coefficient (Wildman–Crippen LogP) is 3.94. The highest BCUT2D eigenvalue weighted by Crippen LogP contribution is 2.32. The molecular formula is C25H28N4O2. The van der Waals surface area contributed by atoms with Gasteiger partial charge in [0, 0.05) is 37.7 Å². The second-order valence-corrected chi connectivity index (χ2v) is 8.86. The summed E-state index contributed by atoms with van der Waals surface area (Å²) in [4.78, 5) is 37.8. The van der Waals surface area contributed by atoms with Crippen molar-refractivity contribution in [3.63, 3.8) is 0 Å². The van der Waals surface area contributed by atoms with E-state index in [0.717, 1.165) is 46.5 Å². The summed E-state index contributed by atoms with van der Waals surface area (Å²) >= 11 is 0. The van der Waals surface area contributed by atoms with Gasteiger partial charge in [0.2, 0.25) is 11.8 Å². The van der Waals surface area contributed by atoms with Crippen LogP contribution in [-0.4, -0.2) is 46.3 Å². The van der Waals surface area contributed by atoms with Crippen molar-refractivity contribution < 1.29 is 9.59 Å². The zero-order valence-electron chi connectivity index (χ0n) is 18.1. The third-order valence-electron chi connectivity index (χ3n) is 6.94. The van der Waals surface area contributed by atoms with Gasteiger partial charge in [-0.2, -0.15) is 0 Å². The first-order chi connectivity index (χ1) is 15.0. The number of carbonyl (C=O) groups excluding carboxylic acids is 2. The molecule has 1 atom stereocenters. The number of nitrogens with zero attached hydrogens (tertiary/aromatic N) is 3. The van der Waals surface area contributed by atoms with Crippen LogP contribution in [0.4, 0.5) is 5.69 Å². The molecular weight excluding hydrogens is 388 g/mol. The number of para-hydroxylation sites is 2. The number of aromatic amines is 1. The lowest BCUT2D eigenvalue weighted by Crippen LogP contribution is -2.42. The van der Waals surface area contributed by atoms with E-state index in [2.05, 4.69) is 4.98 Å². The maximum atomic E-state index is 13.2. The predicted molar refractivity (Wildman–Crippen MR) is 121 cm³/mol. The molecule has 6 nitrogen and oxygen atoms in total. The van der Waals surface area contributed by atoms with Crippen molar-refractivity contribution in [2.24, 2.45) is 5.92 Å². The molecule has 1 aromatic heterocycles. The number of piperidine rings is 1. The van der Waals surface area contributed by atoms with Crippen LogP contribution < -0.4 is 4.90 Å². The quantitative estimate of drug-likeness (QED) is 0.703. The van der Waals surface area contributed by atoms with E-state index in [4.69, 9.17) is 4.98 Å². The Hall–Kier alpha value is -3.15. The molecule has 3 heterocycles. The first kappa shape index (κ1) is 19.8. The summed E-state index contributed by atoms with van der Waals surface area (Å²) in [5.41, 5.74) is 5.26. The van der Waals surface area contributed by atoms with Crippen LogP contribution in [0.5, 0.6) is 0 Å². The van der Waals surface area contributed by atoms with Gasteiger partial charge in [0.05, 0.1) is 17.0 Å². The number of anilines is 1. The van der Waals surface area contributed by atoms with Gasteiger partial charge in [-0.25, -0.2) is 4.98 Å². The number of hydrogen-bond donors (Lipinski definition) is 1. The first-order valence-corrected chi connectivity index (χ1v) is 11.1. The zero-order chi connectivity index (χ0) is 21.5. The summed E-state index contributed by atoms with van der Waals surface area (Å²) in [6.07, 6.45) is 2.09. The summed E-state index contributed by atoms with van der Waals surface area (Å²) < 4.78 is 0. The average molecular weight is 417 g/mol. The van der Waals surface area contributed by atoms with Crippen molar-refractivity contribution in [2.75, 3.05) is 24.5 Å². The Balaban J connectivity index is 1.23. The summed E-state index contributed by atoms with van der Waals surface area (Å²) in [6.45, 7) is 6.00. The molecule has 0 bridgehead atoms. The number of rotatable bonds is 3. The van der Waals surface area contributed by atoms with Gasteiger partial charge in [0.25, 0.3) is 0 Å². The zero-order valence-corrected chi connectivity index (χ0v) is 18.1. The van der Waals surface area contributed by atoms with Gasteiger partial charge >= 0.3 is 0 Å². The van der Waals surface area contributed by atoms with Crippen LogP contribution >= 0.6 is 0 Å². The lowest BCUT2D eigenvalue weighted by Gasteiger charge is -2.32. The molecule has 2 aliphatic heterocycles. The highest BCUT2D eigenvalue weighted by molar-refractivity contribution is 6.01. The molecule has 1 N–H and O–H groups in total. The van der Waals surface area contributed by atoms with Crippen LogP contribution in [0.1, 0.15) is 42.1 Å². The Morgan fingerprint density at radius 3 is 2.61 bits per heavy atom. The Bertz CT molecular complexity index is 1110. The number of aromatic nitrogens is 2. The fourth-order valence-corrected chi connectivity index (χ4v) is 4.93. The molecule has 0 unspecified atom stereocenters. The minimum absolute atomic E-state index is 0.0456. The number of hydrogen-bond acceptors (Lipinski definition) is 3. The number of benzene rings is 2. The van der Waals surface area contributed by atoms with E-state index in [9.17, 15) is 9.59 Å². The second kappa shape index (κ2) is 7.84. The number of carbonyl (C=O) groups is 2. The molecule has 0 aliphatic carbocycles. The molecule has 0 radical (unpaired) electrons. The molecule has 2 aromatic carbocycles. The Labute approximate surface area is 182 Å². The van der Waals surface area contributed by atoms with E-state index in [0.29, 0.717) is 32.0 Å². The Kier molecular flexibility index (Phi) is 5.00. The SMILES string of the molecule is Cc1cccc(N2C[C@@H](C(=O)N3CCC(c4nc5ccccc5[nH]4)CC3)CC2=O)c1C. The number of aryl methyl sites for hydroxylation is 1. The van der Waals surface area contributed by atoms with E-state index in [1.807, 2.05) is 61.2 Å². The van der Waals surface area contributed by atoms with Gasteiger partial charge in [-0.1, -0.05) is 24.3 Å². The summed E-state index contributed by atoms with van der Waals surface area (Å²) in [5.74, 6) is 1.27.